The van der Waals surface area contributed by atoms with E-state index in [4.69, 9.17) is 0 Å². The van der Waals surface area contributed by atoms with Gasteiger partial charge in [-0.25, -0.2) is 27.2 Å². The number of nitrogens with one attached hydrogen (secondary N) is 1. The Morgan fingerprint density at radius 1 is 0.900 bits per heavy atom. The van der Waals surface area contributed by atoms with Crippen molar-refractivity contribution in [2.24, 2.45) is 11.8 Å². The summed E-state index contributed by atoms with van der Waals surface area (Å²) in [6.07, 6.45) is 0. The van der Waals surface area contributed by atoms with Crippen LogP contribution in [-0.4, -0.2) is 67.2 Å². The third-order valence-corrected chi connectivity index (χ3v) is 7.71. The van der Waals surface area contributed by atoms with E-state index in [1.54, 1.807) is 24.3 Å². The largest absolute Gasteiger partial charge is 0.465 e. The Kier molecular flexibility index (Phi) is 7.28. The first kappa shape index (κ1) is 27.6. The summed E-state index contributed by atoms with van der Waals surface area (Å²) in [5.41, 5.74) is -0.968. The lowest BCUT2D eigenvalue weighted by atomic mass is 9.66. The Balaban J connectivity index is 1.38. The second kappa shape index (κ2) is 10.5. The Hall–Kier alpha value is -3.96. The number of amides is 2. The van der Waals surface area contributed by atoms with Crippen molar-refractivity contribution in [2.45, 2.75) is 5.60 Å². The molecule has 2 aliphatic heterocycles. The summed E-state index contributed by atoms with van der Waals surface area (Å²) < 4.78 is 60.9. The second-order valence-corrected chi connectivity index (χ2v) is 10.3. The van der Waals surface area contributed by atoms with Gasteiger partial charge < -0.3 is 25.0 Å². The number of likely N-dealkylation sites (tertiary alicyclic amines) is 2. The molecular weight excluding hydrogens is 530 g/mol. The van der Waals surface area contributed by atoms with Gasteiger partial charge in [0.2, 0.25) is 0 Å². The van der Waals surface area contributed by atoms with Gasteiger partial charge in [-0.2, -0.15) is 0 Å². The van der Waals surface area contributed by atoms with Gasteiger partial charge in [0.15, 0.2) is 0 Å². The Morgan fingerprint density at radius 2 is 1.50 bits per heavy atom. The molecule has 11 heteroatoms. The summed E-state index contributed by atoms with van der Waals surface area (Å²) in [6, 6.07) is 10.4. The zero-order valence-corrected chi connectivity index (χ0v) is 21.8. The van der Waals surface area contributed by atoms with Crippen molar-refractivity contribution in [2.75, 3.05) is 45.7 Å². The normalized spacial score (nSPS) is 22.6. The number of benzene rings is 3. The van der Waals surface area contributed by atoms with Crippen LogP contribution in [0.5, 0.6) is 0 Å². The average molecular weight is 558 g/mol. The van der Waals surface area contributed by atoms with Gasteiger partial charge in [-0.15, -0.1) is 0 Å². The molecule has 0 radical (unpaired) electrons. The smallest absolute Gasteiger partial charge is 0.340 e. The first-order chi connectivity index (χ1) is 19.0. The van der Waals surface area contributed by atoms with Gasteiger partial charge in [-0.3, -0.25) is 0 Å². The van der Waals surface area contributed by atoms with Gasteiger partial charge in [0.05, 0.1) is 12.7 Å². The van der Waals surface area contributed by atoms with Crippen LogP contribution in [0, 0.1) is 35.1 Å². The molecule has 40 heavy (non-hydrogen) atoms. The summed E-state index contributed by atoms with van der Waals surface area (Å²) >= 11 is 0. The summed E-state index contributed by atoms with van der Waals surface area (Å²) in [5.74, 6) is -5.14. The van der Waals surface area contributed by atoms with Crippen LogP contribution in [-0.2, 0) is 10.3 Å². The molecule has 2 heterocycles. The van der Waals surface area contributed by atoms with Crippen LogP contribution >= 0.6 is 0 Å². The van der Waals surface area contributed by atoms with E-state index >= 15 is 0 Å². The fraction of sp³-hybridized carbons (Fsp3) is 0.310. The van der Waals surface area contributed by atoms with E-state index in [0.717, 1.165) is 31.4 Å². The van der Waals surface area contributed by atoms with Crippen molar-refractivity contribution >= 4 is 17.7 Å². The molecule has 0 aromatic heterocycles. The number of hydrogen-bond acceptors (Lipinski definition) is 5. The van der Waals surface area contributed by atoms with Gasteiger partial charge in [0.25, 0.3) is 0 Å². The summed E-state index contributed by atoms with van der Waals surface area (Å²) in [5, 5.41) is 14.5. The van der Waals surface area contributed by atoms with Crippen molar-refractivity contribution < 1.29 is 37.0 Å². The zero-order chi connectivity index (χ0) is 28.8. The fourth-order valence-corrected chi connectivity index (χ4v) is 5.86. The van der Waals surface area contributed by atoms with E-state index < -0.39 is 58.3 Å². The van der Waals surface area contributed by atoms with Crippen LogP contribution in [0.25, 0.3) is 11.1 Å². The number of urea groups is 1. The molecule has 3 aromatic rings. The van der Waals surface area contributed by atoms with E-state index in [2.05, 4.69) is 15.0 Å². The molecule has 2 saturated heterocycles. The predicted molar refractivity (Wildman–Crippen MR) is 138 cm³/mol. The molecule has 2 aliphatic rings. The van der Waals surface area contributed by atoms with Crippen LogP contribution in [0.2, 0.25) is 0 Å². The predicted octanol–water partition coefficient (Wildman–Crippen LogP) is 4.61. The lowest BCUT2D eigenvalue weighted by Crippen LogP contribution is -2.65. The van der Waals surface area contributed by atoms with E-state index in [1.807, 2.05) is 7.05 Å². The number of aliphatic hydroxyl groups is 1. The molecular formula is C29H27F4N3O4. The highest BCUT2D eigenvalue weighted by molar-refractivity contribution is 5.90. The van der Waals surface area contributed by atoms with Gasteiger partial charge in [0.1, 0.15) is 28.9 Å². The minimum absolute atomic E-state index is 0.00973. The molecule has 2 unspecified atom stereocenters. The molecule has 5 rings (SSSR count). The lowest BCUT2D eigenvalue weighted by Gasteiger charge is -2.55. The van der Waals surface area contributed by atoms with Crippen molar-refractivity contribution in [3.05, 3.63) is 89.0 Å². The van der Waals surface area contributed by atoms with Crippen LogP contribution in [0.1, 0.15) is 15.9 Å². The van der Waals surface area contributed by atoms with Crippen molar-refractivity contribution in [3.8, 4) is 11.1 Å². The van der Waals surface area contributed by atoms with E-state index in [1.165, 1.54) is 4.90 Å². The minimum Gasteiger partial charge on any atom is -0.465 e. The second-order valence-electron chi connectivity index (χ2n) is 10.3. The number of piperidine rings is 2. The SMILES string of the molecule is COC(=O)c1cc(F)c(-c2ccc(C3(O)C4CN(C)CC3CN(C(=O)Nc3cc(F)cc(F)c3)C4)cc2)cc1F. The number of anilines is 1. The molecule has 3 aromatic carbocycles. The number of methoxy groups -OCH3 is 1. The van der Waals surface area contributed by atoms with Gasteiger partial charge in [-0.05, 0) is 42.4 Å². The van der Waals surface area contributed by atoms with E-state index in [9.17, 15) is 32.3 Å². The first-order valence-electron chi connectivity index (χ1n) is 12.6. The molecule has 7 nitrogen and oxygen atoms in total. The van der Waals surface area contributed by atoms with Crippen LogP contribution in [0.15, 0.2) is 54.6 Å². The Bertz CT molecular complexity index is 1430. The maximum absolute atomic E-state index is 14.8. The van der Waals surface area contributed by atoms with Crippen molar-refractivity contribution in [1.82, 2.24) is 9.80 Å². The Morgan fingerprint density at radius 3 is 2.08 bits per heavy atom. The lowest BCUT2D eigenvalue weighted by molar-refractivity contribution is -0.153. The maximum Gasteiger partial charge on any atom is 0.340 e. The number of carbonyl (C=O) groups excluding carboxylic acids is 2. The summed E-state index contributed by atoms with van der Waals surface area (Å²) in [7, 11) is 3.00. The van der Waals surface area contributed by atoms with Crippen LogP contribution in [0.3, 0.4) is 0 Å². The molecule has 2 N–H and O–H groups in total. The number of carbonyl (C=O) groups is 2. The highest BCUT2D eigenvalue weighted by atomic mass is 19.1. The monoisotopic (exact) mass is 557 g/mol. The number of fused-ring (bicyclic) bond motifs is 2. The number of ether oxygens (including phenoxy) is 1. The summed E-state index contributed by atoms with van der Waals surface area (Å²) in [6.45, 7) is 1.30. The molecule has 0 saturated carbocycles. The molecule has 210 valence electrons. The fourth-order valence-electron chi connectivity index (χ4n) is 5.86. The number of hydrogen-bond donors (Lipinski definition) is 2. The maximum atomic E-state index is 14.8. The molecule has 2 amide bonds. The Labute approximate surface area is 228 Å². The first-order valence-corrected chi connectivity index (χ1v) is 12.6. The molecule has 0 spiro atoms. The highest BCUT2D eigenvalue weighted by Gasteiger charge is 2.53. The standard InChI is InChI=1S/C29H27F4N3O4/c1-35-12-18-14-36(28(38)34-22-8-20(30)7-21(31)9-22)15-19(13-35)29(18,39)17-5-3-16(4-6-17)23-10-26(33)24(11-25(23)32)27(37)40-2/h3-11,18-19,39H,12-15H2,1-2H3,(H,34,38). The topological polar surface area (TPSA) is 82.1 Å². The molecule has 2 atom stereocenters. The quantitative estimate of drug-likeness (QED) is 0.362. The molecule has 2 bridgehead atoms. The number of rotatable bonds is 4. The van der Waals surface area contributed by atoms with E-state index in [-0.39, 0.29) is 24.3 Å². The van der Waals surface area contributed by atoms with Gasteiger partial charge in [0, 0.05) is 55.3 Å². The molecule has 0 aliphatic carbocycles. The minimum atomic E-state index is -1.31. The van der Waals surface area contributed by atoms with Gasteiger partial charge in [-0.1, -0.05) is 24.3 Å². The number of halogens is 4. The van der Waals surface area contributed by atoms with Crippen molar-refractivity contribution in [1.29, 1.82) is 0 Å². The van der Waals surface area contributed by atoms with Crippen LogP contribution < -0.4 is 5.32 Å². The average Bonchev–Trinajstić information content (AvgIpc) is 2.89. The van der Waals surface area contributed by atoms with Gasteiger partial charge >= 0.3 is 12.0 Å². The highest BCUT2D eigenvalue weighted by Crippen LogP contribution is 2.45. The van der Waals surface area contributed by atoms with E-state index in [0.29, 0.717) is 30.3 Å². The molecule has 2 fully saturated rings. The number of esters is 1. The number of nitrogens with zero attached hydrogens (tertiary/aromatic N) is 2. The third-order valence-electron chi connectivity index (χ3n) is 7.71. The van der Waals surface area contributed by atoms with Crippen LogP contribution in [0.4, 0.5) is 28.0 Å². The zero-order valence-electron chi connectivity index (χ0n) is 21.8. The third kappa shape index (κ3) is 5.02. The summed E-state index contributed by atoms with van der Waals surface area (Å²) in [4.78, 5) is 28.2. The van der Waals surface area contributed by atoms with Crippen molar-refractivity contribution in [3.63, 3.8) is 0 Å².